The van der Waals surface area contributed by atoms with Crippen molar-refractivity contribution in [2.24, 2.45) is 23.7 Å². The van der Waals surface area contributed by atoms with Crippen LogP contribution in [0.4, 0.5) is 28.4 Å². The largest absolute Gasteiger partial charge is 0.508 e. The fraction of sp³-hybridized carbons (Fsp3) is 0.268. The van der Waals surface area contributed by atoms with Crippen LogP contribution in [0.3, 0.4) is 0 Å². The van der Waals surface area contributed by atoms with E-state index in [1.165, 1.54) is 44.3 Å². The van der Waals surface area contributed by atoms with Crippen molar-refractivity contribution in [1.82, 2.24) is 0 Å². The van der Waals surface area contributed by atoms with Gasteiger partial charge in [-0.1, -0.05) is 65.7 Å². The molecule has 2 saturated heterocycles. The molecule has 0 bridgehead atoms. The first-order chi connectivity index (χ1) is 27.2. The van der Waals surface area contributed by atoms with E-state index in [9.17, 15) is 39.7 Å². The molecule has 6 unspecified atom stereocenters. The van der Waals surface area contributed by atoms with E-state index in [0.717, 1.165) is 21.9 Å². The lowest BCUT2D eigenvalue weighted by Gasteiger charge is -2.51. The van der Waals surface area contributed by atoms with E-state index in [1.807, 2.05) is 6.08 Å². The number of allylic oxidation sites excluding steroid dienone is 2. The summed E-state index contributed by atoms with van der Waals surface area (Å²) in [5.41, 5.74) is -1.77. The molecule has 6 atom stereocenters. The highest BCUT2D eigenvalue weighted by Crippen LogP contribution is 2.65. The molecule has 16 heteroatoms. The number of nitrogens with zero attached hydrogens (tertiary/aromatic N) is 5. The number of nitro benzene ring substituents is 2. The number of carbonyl (C=O) groups excluding carboxylic acids is 4. The Morgan fingerprint density at radius 1 is 0.825 bits per heavy atom. The Morgan fingerprint density at radius 2 is 1.51 bits per heavy atom. The summed E-state index contributed by atoms with van der Waals surface area (Å²) >= 11 is 6.38. The van der Waals surface area contributed by atoms with Gasteiger partial charge in [0.25, 0.3) is 0 Å². The molecule has 15 nitrogen and oxygen atoms in total. The van der Waals surface area contributed by atoms with Gasteiger partial charge < -0.3 is 14.7 Å². The molecule has 2 aliphatic carbocycles. The van der Waals surface area contributed by atoms with Gasteiger partial charge in [0.1, 0.15) is 11.5 Å². The number of hydrogen-bond acceptors (Lipinski definition) is 11. The van der Waals surface area contributed by atoms with Gasteiger partial charge in [0.05, 0.1) is 51.5 Å². The Balaban J connectivity index is 1.34. The van der Waals surface area contributed by atoms with Crippen molar-refractivity contribution in [3.05, 3.63) is 133 Å². The number of imide groups is 2. The highest BCUT2D eigenvalue weighted by atomic mass is 35.5. The Morgan fingerprint density at radius 3 is 2.12 bits per heavy atom. The van der Waals surface area contributed by atoms with Gasteiger partial charge in [-0.3, -0.25) is 39.4 Å². The van der Waals surface area contributed by atoms with E-state index in [4.69, 9.17) is 16.3 Å². The van der Waals surface area contributed by atoms with Crippen molar-refractivity contribution in [3.8, 4) is 11.5 Å². The van der Waals surface area contributed by atoms with Crippen LogP contribution in [0, 0.1) is 43.9 Å². The van der Waals surface area contributed by atoms with E-state index >= 15 is 4.79 Å². The lowest BCUT2D eigenvalue weighted by atomic mass is 9.49. The average Bonchev–Trinajstić information content (AvgIpc) is 3.58. The smallest absolute Gasteiger partial charge is 0.301 e. The number of aromatic hydroxyl groups is 1. The SMILES string of the molecule is COc1cc(O)ccc1C1C2=CCC3C(=O)N(c4cc([N+](=O)[O-])c(N(C)C)c([N+](=O)[O-])c4)C(=O)C3C2CC2C(=O)N(c3cccc(Cl)c3)C(=O)C21c1ccccc1. The van der Waals surface area contributed by atoms with Gasteiger partial charge in [0.15, 0.2) is 5.69 Å². The van der Waals surface area contributed by atoms with Crippen LogP contribution in [0.15, 0.2) is 96.6 Å². The second-order valence-electron chi connectivity index (χ2n) is 14.8. The summed E-state index contributed by atoms with van der Waals surface area (Å²) in [4.78, 5) is 85.5. The molecular formula is C41H34ClN5O10. The number of hydrogen-bond donors (Lipinski definition) is 1. The van der Waals surface area contributed by atoms with Crippen LogP contribution in [0.1, 0.15) is 29.9 Å². The molecule has 4 aliphatic rings. The van der Waals surface area contributed by atoms with Crippen LogP contribution in [-0.2, 0) is 24.6 Å². The van der Waals surface area contributed by atoms with Crippen LogP contribution in [0.2, 0.25) is 5.02 Å². The maximum atomic E-state index is 15.4. The Hall–Kier alpha value is -6.61. The maximum Gasteiger partial charge on any atom is 0.301 e. The maximum absolute atomic E-state index is 15.4. The Kier molecular flexibility index (Phi) is 8.87. The molecule has 1 N–H and O–H groups in total. The van der Waals surface area contributed by atoms with Crippen molar-refractivity contribution in [1.29, 1.82) is 0 Å². The minimum atomic E-state index is -1.62. The predicted octanol–water partition coefficient (Wildman–Crippen LogP) is 6.30. The normalized spacial score (nSPS) is 25.1. The van der Waals surface area contributed by atoms with Crippen LogP contribution < -0.4 is 19.4 Å². The first kappa shape index (κ1) is 37.3. The predicted molar refractivity (Wildman–Crippen MR) is 207 cm³/mol. The first-order valence-electron chi connectivity index (χ1n) is 18.0. The van der Waals surface area contributed by atoms with Crippen molar-refractivity contribution in [2.75, 3.05) is 35.9 Å². The number of anilines is 3. The summed E-state index contributed by atoms with van der Waals surface area (Å²) in [5, 5.41) is 35.3. The van der Waals surface area contributed by atoms with Crippen molar-refractivity contribution in [2.45, 2.75) is 24.2 Å². The summed E-state index contributed by atoms with van der Waals surface area (Å²) in [6, 6.07) is 21.7. The van der Waals surface area contributed by atoms with E-state index in [2.05, 4.69) is 0 Å². The molecule has 3 fully saturated rings. The highest BCUT2D eigenvalue weighted by molar-refractivity contribution is 6.32. The van der Waals surface area contributed by atoms with E-state index in [-0.39, 0.29) is 41.4 Å². The van der Waals surface area contributed by atoms with Gasteiger partial charge >= 0.3 is 11.4 Å². The van der Waals surface area contributed by atoms with Gasteiger partial charge in [-0.15, -0.1) is 0 Å². The molecule has 57 heavy (non-hydrogen) atoms. The first-order valence-corrected chi connectivity index (χ1v) is 18.4. The van der Waals surface area contributed by atoms with Crippen LogP contribution in [0.25, 0.3) is 0 Å². The summed E-state index contributed by atoms with van der Waals surface area (Å²) in [6.07, 6.45) is 1.79. The standard InChI is InChI=1S/C41H34ClN5O10/c1-43(2)36-31(46(53)54)17-24(18-32(36)47(55)56)44-37(49)28-15-14-26-29(34(28)39(44)51)20-30-38(50)45(23-11-7-10-22(42)16-23)40(52)41(30,21-8-5-4-6-9-21)35(26)27-13-12-25(48)19-33(27)57-3/h4-14,16-19,28-30,34-35,48H,15,20H2,1-3H3. The van der Waals surface area contributed by atoms with Crippen LogP contribution in [-0.4, -0.2) is 59.8 Å². The number of methoxy groups -OCH3 is 1. The quantitative estimate of drug-likeness (QED) is 0.0911. The zero-order valence-corrected chi connectivity index (χ0v) is 31.5. The summed E-state index contributed by atoms with van der Waals surface area (Å²) in [7, 11) is 4.22. The third-order valence-corrected chi connectivity index (χ3v) is 12.1. The number of ether oxygens (including phenoxy) is 1. The topological polar surface area (TPSA) is 194 Å². The fourth-order valence-electron chi connectivity index (χ4n) is 9.74. The number of rotatable bonds is 8. The van der Waals surface area contributed by atoms with E-state index in [1.54, 1.807) is 54.6 Å². The van der Waals surface area contributed by atoms with Gasteiger partial charge in [-0.25, -0.2) is 9.80 Å². The van der Waals surface area contributed by atoms with Crippen molar-refractivity contribution in [3.63, 3.8) is 0 Å². The van der Waals surface area contributed by atoms with Gasteiger partial charge in [-0.05, 0) is 48.6 Å². The third kappa shape index (κ3) is 5.39. The van der Waals surface area contributed by atoms with Crippen molar-refractivity contribution < 1.29 is 38.9 Å². The van der Waals surface area contributed by atoms with Crippen LogP contribution in [0.5, 0.6) is 11.5 Å². The second kappa shape index (κ2) is 13.5. The number of carbonyl (C=O) groups is 4. The molecule has 2 heterocycles. The number of halogens is 1. The monoisotopic (exact) mass is 791 g/mol. The molecule has 8 rings (SSSR count). The molecule has 0 spiro atoms. The molecule has 0 aromatic heterocycles. The van der Waals surface area contributed by atoms with Gasteiger partial charge in [-0.2, -0.15) is 0 Å². The molecule has 1 saturated carbocycles. The molecule has 2 aliphatic heterocycles. The number of benzene rings is 4. The number of fused-ring (bicyclic) bond motifs is 4. The molecule has 4 aromatic carbocycles. The average molecular weight is 792 g/mol. The van der Waals surface area contributed by atoms with Gasteiger partial charge in [0, 0.05) is 48.8 Å². The molecular weight excluding hydrogens is 758 g/mol. The number of phenols is 1. The lowest BCUT2D eigenvalue weighted by Crippen LogP contribution is -2.53. The molecule has 4 amide bonds. The van der Waals surface area contributed by atoms with E-state index < -0.39 is 79.9 Å². The zero-order valence-electron chi connectivity index (χ0n) is 30.7. The molecule has 0 radical (unpaired) electrons. The zero-order chi connectivity index (χ0) is 40.7. The summed E-state index contributed by atoms with van der Waals surface area (Å²) < 4.78 is 5.81. The minimum absolute atomic E-state index is 0.0180. The fourth-order valence-corrected chi connectivity index (χ4v) is 9.92. The minimum Gasteiger partial charge on any atom is -0.508 e. The lowest BCUT2D eigenvalue weighted by molar-refractivity contribution is -0.392. The van der Waals surface area contributed by atoms with Crippen molar-refractivity contribution >= 4 is 63.7 Å². The highest BCUT2D eigenvalue weighted by Gasteiger charge is 2.70. The summed E-state index contributed by atoms with van der Waals surface area (Å²) in [5.74, 6) is -7.41. The summed E-state index contributed by atoms with van der Waals surface area (Å²) in [6.45, 7) is 0. The Bertz CT molecular complexity index is 2440. The number of nitro groups is 2. The van der Waals surface area contributed by atoms with Gasteiger partial charge in [0.2, 0.25) is 23.6 Å². The van der Waals surface area contributed by atoms with E-state index in [0.29, 0.717) is 21.7 Å². The number of phenolic OH excluding ortho intramolecular Hbond substituents is 1. The molecule has 4 aromatic rings. The molecule has 290 valence electrons. The third-order valence-electron chi connectivity index (χ3n) is 11.8. The Labute approximate surface area is 330 Å². The number of amides is 4. The van der Waals surface area contributed by atoms with Crippen LogP contribution >= 0.6 is 11.6 Å². The second-order valence-corrected chi connectivity index (χ2v) is 15.2.